The zero-order valence-corrected chi connectivity index (χ0v) is 19.4. The van der Waals surface area contributed by atoms with Crippen LogP contribution >= 0.6 is 0 Å². The predicted octanol–water partition coefficient (Wildman–Crippen LogP) is 1.27. The van der Waals surface area contributed by atoms with Crippen molar-refractivity contribution in [3.8, 4) is 11.8 Å². The van der Waals surface area contributed by atoms with Gasteiger partial charge >= 0.3 is 0 Å². The number of nitrogens with one attached hydrogen (secondary N) is 2. The summed E-state index contributed by atoms with van der Waals surface area (Å²) < 4.78 is 1.75. The van der Waals surface area contributed by atoms with E-state index in [1.54, 1.807) is 65.5 Å². The number of aromatic nitrogens is 2. The van der Waals surface area contributed by atoms with Gasteiger partial charge in [0.1, 0.15) is 25.0 Å². The first-order valence-electron chi connectivity index (χ1n) is 10.9. The first-order valence-corrected chi connectivity index (χ1v) is 10.9. The molecule has 0 spiro atoms. The van der Waals surface area contributed by atoms with Crippen LogP contribution in [0.1, 0.15) is 34.2 Å². The minimum absolute atomic E-state index is 0.158. The van der Waals surface area contributed by atoms with Gasteiger partial charge in [-0.3, -0.25) is 14.4 Å². The standard InChI is InChI=1S/C26H26N4O5/c1-17(32)25(23(33)16-31)29-26(35)21-9-5-19(6-10-21)3-4-20-7-11-22(12-8-20)28-24(34)15-30-14-13-27-18(30)2/h5-14,17,25,31-32H,15-16H2,1-2H3,(H,28,34)(H,29,35)/t17-,25+/m1/s1. The molecular formula is C26H26N4O5. The maximum absolute atomic E-state index is 12.4. The van der Waals surface area contributed by atoms with Gasteiger partial charge in [-0.1, -0.05) is 11.8 Å². The number of nitrogens with zero attached hydrogens (tertiary/aromatic N) is 2. The van der Waals surface area contributed by atoms with Crippen LogP contribution in [0.4, 0.5) is 5.69 Å². The third-order valence-electron chi connectivity index (χ3n) is 5.18. The largest absolute Gasteiger partial charge is 0.391 e. The highest BCUT2D eigenvalue weighted by molar-refractivity contribution is 5.98. The normalized spacial score (nSPS) is 12.1. The number of ketones is 1. The molecule has 0 fully saturated rings. The van der Waals surface area contributed by atoms with Crippen LogP contribution in [0.25, 0.3) is 0 Å². The van der Waals surface area contributed by atoms with Gasteiger partial charge in [0, 0.05) is 34.8 Å². The van der Waals surface area contributed by atoms with E-state index >= 15 is 0 Å². The van der Waals surface area contributed by atoms with E-state index in [1.807, 2.05) is 6.92 Å². The lowest BCUT2D eigenvalue weighted by molar-refractivity contribution is -0.126. The summed E-state index contributed by atoms with van der Waals surface area (Å²) in [6.45, 7) is 2.60. The molecule has 1 aromatic heterocycles. The Morgan fingerprint density at radius 1 is 1.03 bits per heavy atom. The van der Waals surface area contributed by atoms with Crippen molar-refractivity contribution in [2.24, 2.45) is 0 Å². The van der Waals surface area contributed by atoms with E-state index < -0.39 is 30.4 Å². The highest BCUT2D eigenvalue weighted by atomic mass is 16.3. The quantitative estimate of drug-likeness (QED) is 0.364. The Kier molecular flexibility index (Phi) is 8.51. The Balaban J connectivity index is 1.58. The molecule has 35 heavy (non-hydrogen) atoms. The summed E-state index contributed by atoms with van der Waals surface area (Å²) in [5.74, 6) is 5.42. The van der Waals surface area contributed by atoms with Crippen LogP contribution in [-0.2, 0) is 16.1 Å². The number of anilines is 1. The first kappa shape index (κ1) is 25.4. The molecule has 0 unspecified atom stereocenters. The van der Waals surface area contributed by atoms with Crippen molar-refractivity contribution in [3.05, 3.63) is 83.4 Å². The van der Waals surface area contributed by atoms with Gasteiger partial charge in [0.05, 0.1) is 6.10 Å². The monoisotopic (exact) mass is 474 g/mol. The summed E-state index contributed by atoms with van der Waals surface area (Å²) in [4.78, 5) is 40.3. The van der Waals surface area contributed by atoms with Gasteiger partial charge < -0.3 is 25.4 Å². The van der Waals surface area contributed by atoms with Gasteiger partial charge in [-0.15, -0.1) is 0 Å². The second-order valence-electron chi connectivity index (χ2n) is 7.87. The highest BCUT2D eigenvalue weighted by Crippen LogP contribution is 2.10. The molecule has 1 heterocycles. The molecule has 9 heteroatoms. The minimum atomic E-state index is -1.19. The third-order valence-corrected chi connectivity index (χ3v) is 5.18. The summed E-state index contributed by atoms with van der Waals surface area (Å²) >= 11 is 0. The van der Waals surface area contributed by atoms with E-state index in [-0.39, 0.29) is 18.0 Å². The van der Waals surface area contributed by atoms with Gasteiger partial charge in [-0.05, 0) is 62.4 Å². The van der Waals surface area contributed by atoms with Crippen LogP contribution in [0, 0.1) is 18.8 Å². The summed E-state index contributed by atoms with van der Waals surface area (Å²) in [7, 11) is 0. The summed E-state index contributed by atoms with van der Waals surface area (Å²) in [5.41, 5.74) is 2.37. The van der Waals surface area contributed by atoms with Crippen molar-refractivity contribution in [1.82, 2.24) is 14.9 Å². The maximum Gasteiger partial charge on any atom is 0.251 e. The number of imidazole rings is 1. The fourth-order valence-corrected chi connectivity index (χ4v) is 3.21. The molecule has 0 saturated carbocycles. The van der Waals surface area contributed by atoms with Crippen LogP contribution in [0.3, 0.4) is 0 Å². The number of aliphatic hydroxyl groups excluding tert-OH is 2. The highest BCUT2D eigenvalue weighted by Gasteiger charge is 2.25. The first-order chi connectivity index (χ1) is 16.8. The van der Waals surface area contributed by atoms with Gasteiger partial charge in [0.25, 0.3) is 5.91 Å². The molecule has 2 atom stereocenters. The second kappa shape index (κ2) is 11.7. The number of hydrogen-bond donors (Lipinski definition) is 4. The van der Waals surface area contributed by atoms with Gasteiger partial charge in [-0.25, -0.2) is 4.98 Å². The van der Waals surface area contributed by atoms with E-state index in [0.29, 0.717) is 11.3 Å². The summed E-state index contributed by atoms with van der Waals surface area (Å²) in [6, 6.07) is 12.4. The number of carbonyl (C=O) groups is 3. The minimum Gasteiger partial charge on any atom is -0.391 e. The van der Waals surface area contributed by atoms with Gasteiger partial charge in [0.15, 0.2) is 5.78 Å². The molecule has 2 aromatic carbocycles. The molecule has 3 rings (SSSR count). The van der Waals surface area contributed by atoms with Crippen LogP contribution < -0.4 is 10.6 Å². The van der Waals surface area contributed by atoms with Crippen molar-refractivity contribution >= 4 is 23.3 Å². The molecule has 0 aliphatic heterocycles. The fraction of sp³-hybridized carbons (Fsp3) is 0.231. The SMILES string of the molecule is Cc1nccn1CC(=O)Nc1ccc(C#Cc2ccc(C(=O)N[C@H](C(=O)CO)[C@@H](C)O)cc2)cc1. The van der Waals surface area contributed by atoms with E-state index in [4.69, 9.17) is 5.11 Å². The van der Waals surface area contributed by atoms with Crippen molar-refractivity contribution < 1.29 is 24.6 Å². The predicted molar refractivity (Wildman–Crippen MR) is 129 cm³/mol. The number of amides is 2. The summed E-state index contributed by atoms with van der Waals surface area (Å²) in [5, 5.41) is 23.9. The molecule has 0 radical (unpaired) electrons. The van der Waals surface area contributed by atoms with Crippen LogP contribution in [0.2, 0.25) is 0 Å². The molecule has 3 aromatic rings. The zero-order valence-electron chi connectivity index (χ0n) is 19.4. The molecular weight excluding hydrogens is 448 g/mol. The topological polar surface area (TPSA) is 134 Å². The van der Waals surface area contributed by atoms with Gasteiger partial charge in [0.2, 0.25) is 5.91 Å². The van der Waals surface area contributed by atoms with Crippen molar-refractivity contribution in [1.29, 1.82) is 0 Å². The van der Waals surface area contributed by atoms with Crippen molar-refractivity contribution in [2.75, 3.05) is 11.9 Å². The number of Topliss-reactive ketones (excluding diaryl/α,β-unsaturated/α-hetero) is 1. The molecule has 0 aliphatic rings. The van der Waals surface area contributed by atoms with Crippen LogP contribution in [0.15, 0.2) is 60.9 Å². The number of aliphatic hydroxyl groups is 2. The van der Waals surface area contributed by atoms with Gasteiger partial charge in [-0.2, -0.15) is 0 Å². The number of hydrogen-bond acceptors (Lipinski definition) is 6. The van der Waals surface area contributed by atoms with Crippen LogP contribution in [-0.4, -0.2) is 56.1 Å². The average molecular weight is 475 g/mol. The molecule has 0 saturated heterocycles. The molecule has 0 bridgehead atoms. The second-order valence-corrected chi connectivity index (χ2v) is 7.87. The molecule has 2 amide bonds. The van der Waals surface area contributed by atoms with E-state index in [0.717, 1.165) is 11.4 Å². The average Bonchev–Trinajstić information content (AvgIpc) is 3.25. The number of aryl methyl sites for hydroxylation is 1. The Hall–Kier alpha value is -4.26. The molecule has 0 aliphatic carbocycles. The van der Waals surface area contributed by atoms with E-state index in [2.05, 4.69) is 27.5 Å². The Morgan fingerprint density at radius 3 is 2.14 bits per heavy atom. The smallest absolute Gasteiger partial charge is 0.251 e. The lowest BCUT2D eigenvalue weighted by Gasteiger charge is -2.19. The Labute approximate surface area is 202 Å². The van der Waals surface area contributed by atoms with E-state index in [9.17, 15) is 19.5 Å². The molecule has 180 valence electrons. The maximum atomic E-state index is 12.4. The zero-order chi connectivity index (χ0) is 25.4. The lowest BCUT2D eigenvalue weighted by Crippen LogP contribution is -2.48. The van der Waals surface area contributed by atoms with Crippen LogP contribution in [0.5, 0.6) is 0 Å². The Morgan fingerprint density at radius 2 is 1.63 bits per heavy atom. The summed E-state index contributed by atoms with van der Waals surface area (Å²) in [6.07, 6.45) is 2.26. The van der Waals surface area contributed by atoms with Crippen molar-refractivity contribution in [3.63, 3.8) is 0 Å². The number of benzene rings is 2. The Bertz CT molecular complexity index is 1250. The number of rotatable bonds is 8. The molecule has 4 N–H and O–H groups in total. The molecule has 9 nitrogen and oxygen atoms in total. The fourth-order valence-electron chi connectivity index (χ4n) is 3.21. The van der Waals surface area contributed by atoms with Crippen molar-refractivity contribution in [2.45, 2.75) is 32.5 Å². The lowest BCUT2D eigenvalue weighted by atomic mass is 10.1. The number of carbonyl (C=O) groups excluding carboxylic acids is 3. The third kappa shape index (κ3) is 7.11. The van der Waals surface area contributed by atoms with E-state index in [1.165, 1.54) is 6.92 Å².